The van der Waals surface area contributed by atoms with Gasteiger partial charge in [0, 0.05) is 25.7 Å². The summed E-state index contributed by atoms with van der Waals surface area (Å²) in [4.78, 5) is 0.460. The molecule has 0 aromatic heterocycles. The molecule has 0 saturated carbocycles. The summed E-state index contributed by atoms with van der Waals surface area (Å²) in [6.45, 7) is 5.79. The zero-order valence-corrected chi connectivity index (χ0v) is 12.9. The number of hydrogen-bond acceptors (Lipinski definition) is 3. The maximum absolute atomic E-state index is 12.6. The number of rotatable bonds is 3. The number of hydrogen-bond donors (Lipinski definition) is 1. The van der Waals surface area contributed by atoms with E-state index in [0.29, 0.717) is 24.5 Å². The van der Waals surface area contributed by atoms with E-state index in [1.807, 2.05) is 26.0 Å². The topological polar surface area (TPSA) is 49.4 Å². The van der Waals surface area contributed by atoms with Gasteiger partial charge in [-0.3, -0.25) is 0 Å². The molecule has 1 aliphatic heterocycles. The van der Waals surface area contributed by atoms with Crippen LogP contribution in [0, 0.1) is 0 Å². The molecule has 0 aliphatic carbocycles. The van der Waals surface area contributed by atoms with Crippen LogP contribution in [-0.4, -0.2) is 38.4 Å². The third-order valence-electron chi connectivity index (χ3n) is 3.30. The molecule has 0 amide bonds. The van der Waals surface area contributed by atoms with Crippen LogP contribution in [0.25, 0.3) is 0 Å². The van der Waals surface area contributed by atoms with Gasteiger partial charge in [-0.25, -0.2) is 8.42 Å². The molecule has 0 bridgehead atoms. The van der Waals surface area contributed by atoms with Crippen LogP contribution >= 0.6 is 12.4 Å². The molecule has 6 heteroatoms. The zero-order valence-electron chi connectivity index (χ0n) is 11.3. The molecule has 19 heavy (non-hydrogen) atoms. The first-order valence-corrected chi connectivity index (χ1v) is 7.81. The van der Waals surface area contributed by atoms with Crippen LogP contribution in [0.1, 0.15) is 19.4 Å². The fraction of sp³-hybridized carbons (Fsp3) is 0.538. The summed E-state index contributed by atoms with van der Waals surface area (Å²) in [6, 6.07) is 7.48. The van der Waals surface area contributed by atoms with Gasteiger partial charge in [0.15, 0.2) is 0 Å². The molecule has 1 aromatic carbocycles. The number of nitrogens with one attached hydrogen (secondary N) is 1. The van der Waals surface area contributed by atoms with E-state index in [-0.39, 0.29) is 18.4 Å². The fourth-order valence-corrected chi connectivity index (χ4v) is 4.13. The van der Waals surface area contributed by atoms with E-state index >= 15 is 0 Å². The average molecular weight is 305 g/mol. The van der Waals surface area contributed by atoms with Crippen molar-refractivity contribution in [2.24, 2.45) is 0 Å². The van der Waals surface area contributed by atoms with Gasteiger partial charge in [-0.1, -0.05) is 25.1 Å². The van der Waals surface area contributed by atoms with E-state index in [2.05, 4.69) is 5.32 Å². The second kappa shape index (κ2) is 6.70. The second-order valence-corrected chi connectivity index (χ2v) is 6.59. The molecule has 1 atom stereocenters. The predicted octanol–water partition coefficient (Wildman–Crippen LogP) is 1.65. The minimum absolute atomic E-state index is 0. The van der Waals surface area contributed by atoms with E-state index in [1.165, 1.54) is 0 Å². The number of aryl methyl sites for hydroxylation is 1. The minimum atomic E-state index is -3.34. The lowest BCUT2D eigenvalue weighted by atomic mass is 10.2. The Labute approximate surface area is 121 Å². The SMILES string of the molecule is CCc1ccccc1S(=O)(=O)N1CCNC(C)C1.Cl. The van der Waals surface area contributed by atoms with Crippen LogP contribution in [0.3, 0.4) is 0 Å². The summed E-state index contributed by atoms with van der Waals surface area (Å²) in [6.07, 6.45) is 0.733. The summed E-state index contributed by atoms with van der Waals surface area (Å²) >= 11 is 0. The van der Waals surface area contributed by atoms with Crippen molar-refractivity contribution < 1.29 is 8.42 Å². The van der Waals surface area contributed by atoms with Crippen LogP contribution in [0.4, 0.5) is 0 Å². The van der Waals surface area contributed by atoms with Crippen LogP contribution in [0.15, 0.2) is 29.2 Å². The molecule has 2 rings (SSSR count). The van der Waals surface area contributed by atoms with E-state index in [9.17, 15) is 8.42 Å². The monoisotopic (exact) mass is 304 g/mol. The normalized spacial score (nSPS) is 20.8. The van der Waals surface area contributed by atoms with Gasteiger partial charge in [0.1, 0.15) is 0 Å². The smallest absolute Gasteiger partial charge is 0.243 e. The van der Waals surface area contributed by atoms with Gasteiger partial charge in [-0.15, -0.1) is 12.4 Å². The molecule has 1 unspecified atom stereocenters. The van der Waals surface area contributed by atoms with Crippen molar-refractivity contribution in [3.63, 3.8) is 0 Å². The quantitative estimate of drug-likeness (QED) is 0.924. The van der Waals surface area contributed by atoms with Gasteiger partial charge in [-0.05, 0) is 25.0 Å². The number of piperazine rings is 1. The molecular weight excluding hydrogens is 284 g/mol. The van der Waals surface area contributed by atoms with Crippen LogP contribution in [-0.2, 0) is 16.4 Å². The van der Waals surface area contributed by atoms with Gasteiger partial charge in [0.2, 0.25) is 10.0 Å². The predicted molar refractivity (Wildman–Crippen MR) is 79.3 cm³/mol. The highest BCUT2D eigenvalue weighted by atomic mass is 35.5. The molecule has 0 radical (unpaired) electrons. The molecule has 108 valence electrons. The molecule has 1 fully saturated rings. The number of nitrogens with zero attached hydrogens (tertiary/aromatic N) is 1. The third kappa shape index (κ3) is 3.48. The average Bonchev–Trinajstić information content (AvgIpc) is 2.38. The lowest BCUT2D eigenvalue weighted by molar-refractivity contribution is 0.310. The summed E-state index contributed by atoms with van der Waals surface area (Å²) < 4.78 is 26.8. The van der Waals surface area contributed by atoms with Crippen molar-refractivity contribution in [2.45, 2.75) is 31.2 Å². The Morgan fingerprint density at radius 3 is 2.68 bits per heavy atom. The summed E-state index contributed by atoms with van der Waals surface area (Å²) in [5.74, 6) is 0. The van der Waals surface area contributed by atoms with Crippen molar-refractivity contribution in [2.75, 3.05) is 19.6 Å². The summed E-state index contributed by atoms with van der Waals surface area (Å²) in [5, 5.41) is 3.26. The Hall–Kier alpha value is -0.620. The van der Waals surface area contributed by atoms with Crippen LogP contribution in [0.2, 0.25) is 0 Å². The standard InChI is InChI=1S/C13H20N2O2S.ClH/c1-3-12-6-4-5-7-13(12)18(16,17)15-9-8-14-11(2)10-15;/h4-7,11,14H,3,8-10H2,1-2H3;1H. The Morgan fingerprint density at radius 1 is 1.37 bits per heavy atom. The van der Waals surface area contributed by atoms with Crippen molar-refractivity contribution in [1.82, 2.24) is 9.62 Å². The third-order valence-corrected chi connectivity index (χ3v) is 5.27. The Bertz CT molecular complexity index is 519. The maximum Gasteiger partial charge on any atom is 0.243 e. The lowest BCUT2D eigenvalue weighted by Crippen LogP contribution is -2.51. The molecule has 1 N–H and O–H groups in total. The first-order valence-electron chi connectivity index (χ1n) is 6.37. The van der Waals surface area contributed by atoms with E-state index < -0.39 is 10.0 Å². The van der Waals surface area contributed by atoms with E-state index in [0.717, 1.165) is 12.0 Å². The van der Waals surface area contributed by atoms with Crippen LogP contribution in [0.5, 0.6) is 0 Å². The zero-order chi connectivity index (χ0) is 13.2. The molecule has 4 nitrogen and oxygen atoms in total. The van der Waals surface area contributed by atoms with Gasteiger partial charge in [-0.2, -0.15) is 4.31 Å². The Kier molecular flexibility index (Phi) is 5.80. The van der Waals surface area contributed by atoms with Crippen molar-refractivity contribution >= 4 is 22.4 Å². The van der Waals surface area contributed by atoms with E-state index in [4.69, 9.17) is 0 Å². The first-order chi connectivity index (χ1) is 8.55. The molecule has 0 spiro atoms. The van der Waals surface area contributed by atoms with Crippen molar-refractivity contribution in [3.05, 3.63) is 29.8 Å². The minimum Gasteiger partial charge on any atom is -0.312 e. The van der Waals surface area contributed by atoms with Gasteiger partial charge >= 0.3 is 0 Å². The molecule has 1 heterocycles. The summed E-state index contributed by atoms with van der Waals surface area (Å²) in [5.41, 5.74) is 0.892. The molecular formula is C13H21ClN2O2S. The summed E-state index contributed by atoms with van der Waals surface area (Å²) in [7, 11) is -3.34. The molecule has 1 aromatic rings. The number of benzene rings is 1. The van der Waals surface area contributed by atoms with Crippen molar-refractivity contribution in [3.8, 4) is 0 Å². The first kappa shape index (κ1) is 16.4. The maximum atomic E-state index is 12.6. The highest BCUT2D eigenvalue weighted by Gasteiger charge is 2.29. The van der Waals surface area contributed by atoms with Crippen LogP contribution < -0.4 is 5.32 Å². The van der Waals surface area contributed by atoms with E-state index in [1.54, 1.807) is 16.4 Å². The highest BCUT2D eigenvalue weighted by Crippen LogP contribution is 2.21. The molecule has 1 aliphatic rings. The number of halogens is 1. The largest absolute Gasteiger partial charge is 0.312 e. The van der Waals surface area contributed by atoms with Crippen molar-refractivity contribution in [1.29, 1.82) is 0 Å². The fourth-order valence-electron chi connectivity index (χ4n) is 2.30. The Balaban J connectivity index is 0.00000180. The highest BCUT2D eigenvalue weighted by molar-refractivity contribution is 7.89. The number of sulfonamides is 1. The van der Waals surface area contributed by atoms with Gasteiger partial charge < -0.3 is 5.32 Å². The molecule has 1 saturated heterocycles. The second-order valence-electron chi connectivity index (χ2n) is 4.68. The van der Waals surface area contributed by atoms with Gasteiger partial charge in [0.25, 0.3) is 0 Å². The Morgan fingerprint density at radius 2 is 2.05 bits per heavy atom. The van der Waals surface area contributed by atoms with Gasteiger partial charge in [0.05, 0.1) is 4.90 Å². The lowest BCUT2D eigenvalue weighted by Gasteiger charge is -2.31.